The highest BCUT2D eigenvalue weighted by molar-refractivity contribution is 7.80. The van der Waals surface area contributed by atoms with Gasteiger partial charge in [-0.05, 0) is 59.6 Å². The molecular formula is C22H22N2O2S. The number of benzene rings is 3. The Bertz CT molecular complexity index is 950. The summed E-state index contributed by atoms with van der Waals surface area (Å²) in [5, 5.41) is 9.43. The highest BCUT2D eigenvalue weighted by atomic mass is 32.1. The average molecular weight is 378 g/mol. The van der Waals surface area contributed by atoms with E-state index in [0.29, 0.717) is 10.7 Å². The van der Waals surface area contributed by atoms with Crippen LogP contribution in [0.3, 0.4) is 0 Å². The van der Waals surface area contributed by atoms with Crippen molar-refractivity contribution in [3.05, 3.63) is 77.9 Å². The fraction of sp³-hybridized carbons (Fsp3) is 0.182. The standard InChI is InChI=1S/C22H22N2O2S/c1-26-21(25)18-10-5-12-19(15-18)24-22(27)23-14-6-11-17-9-4-8-16-7-2-3-13-20(16)17/h2-5,7-10,12-13,15H,6,11,14H2,1H3,(H2,23,24,27). The third-order valence-electron chi connectivity index (χ3n) is 4.33. The van der Waals surface area contributed by atoms with Gasteiger partial charge in [-0.2, -0.15) is 0 Å². The van der Waals surface area contributed by atoms with Gasteiger partial charge in [0, 0.05) is 12.2 Å². The van der Waals surface area contributed by atoms with Crippen molar-refractivity contribution in [1.29, 1.82) is 0 Å². The molecule has 0 aliphatic rings. The third kappa shape index (κ3) is 5.05. The first-order valence-electron chi connectivity index (χ1n) is 8.87. The van der Waals surface area contributed by atoms with E-state index in [0.717, 1.165) is 25.1 Å². The summed E-state index contributed by atoms with van der Waals surface area (Å²) in [6, 6.07) is 21.9. The number of hydrogen-bond acceptors (Lipinski definition) is 3. The molecule has 0 radical (unpaired) electrons. The molecule has 4 nitrogen and oxygen atoms in total. The van der Waals surface area contributed by atoms with Crippen molar-refractivity contribution in [3.63, 3.8) is 0 Å². The molecule has 0 aliphatic carbocycles. The Morgan fingerprint density at radius 2 is 1.81 bits per heavy atom. The molecule has 27 heavy (non-hydrogen) atoms. The maximum Gasteiger partial charge on any atom is 0.337 e. The zero-order chi connectivity index (χ0) is 19.1. The van der Waals surface area contributed by atoms with Crippen LogP contribution in [0.1, 0.15) is 22.3 Å². The number of carbonyl (C=O) groups is 1. The largest absolute Gasteiger partial charge is 0.465 e. The number of fused-ring (bicyclic) bond motifs is 1. The summed E-state index contributed by atoms with van der Waals surface area (Å²) in [5.41, 5.74) is 2.59. The van der Waals surface area contributed by atoms with Crippen LogP contribution in [-0.2, 0) is 11.2 Å². The number of rotatable bonds is 6. The van der Waals surface area contributed by atoms with Gasteiger partial charge in [0.15, 0.2) is 5.11 Å². The molecule has 138 valence electrons. The molecule has 0 saturated heterocycles. The number of carbonyl (C=O) groups excluding carboxylic acids is 1. The van der Waals surface area contributed by atoms with Crippen molar-refractivity contribution in [2.45, 2.75) is 12.8 Å². The number of methoxy groups -OCH3 is 1. The molecule has 0 amide bonds. The molecule has 0 bridgehead atoms. The fourth-order valence-corrected chi connectivity index (χ4v) is 3.23. The predicted octanol–water partition coefficient (Wildman–Crippen LogP) is 4.55. The SMILES string of the molecule is COC(=O)c1cccc(NC(=S)NCCCc2cccc3ccccc23)c1. The Morgan fingerprint density at radius 1 is 1.04 bits per heavy atom. The molecule has 0 atom stereocenters. The van der Waals surface area contributed by atoms with E-state index in [1.54, 1.807) is 18.2 Å². The summed E-state index contributed by atoms with van der Waals surface area (Å²) in [6.07, 6.45) is 1.95. The molecule has 0 fully saturated rings. The lowest BCUT2D eigenvalue weighted by Crippen LogP contribution is -2.29. The van der Waals surface area contributed by atoms with Crippen molar-refractivity contribution >= 4 is 39.8 Å². The maximum absolute atomic E-state index is 11.6. The van der Waals surface area contributed by atoms with Crippen LogP contribution in [0.15, 0.2) is 66.7 Å². The van der Waals surface area contributed by atoms with Crippen LogP contribution >= 0.6 is 12.2 Å². The molecule has 0 spiro atoms. The molecule has 3 aromatic carbocycles. The first-order chi connectivity index (χ1) is 13.2. The van der Waals surface area contributed by atoms with Gasteiger partial charge in [-0.15, -0.1) is 0 Å². The van der Waals surface area contributed by atoms with Gasteiger partial charge < -0.3 is 15.4 Å². The molecular weight excluding hydrogens is 356 g/mol. The Hall–Kier alpha value is -2.92. The Kier molecular flexibility index (Phi) is 6.39. The maximum atomic E-state index is 11.6. The van der Waals surface area contributed by atoms with E-state index >= 15 is 0 Å². The summed E-state index contributed by atoms with van der Waals surface area (Å²) in [4.78, 5) is 11.6. The van der Waals surface area contributed by atoms with E-state index < -0.39 is 0 Å². The van der Waals surface area contributed by atoms with E-state index in [2.05, 4.69) is 53.1 Å². The summed E-state index contributed by atoms with van der Waals surface area (Å²) in [7, 11) is 1.37. The van der Waals surface area contributed by atoms with E-state index in [1.807, 2.05) is 6.07 Å². The van der Waals surface area contributed by atoms with Crippen LogP contribution in [0.4, 0.5) is 5.69 Å². The minimum atomic E-state index is -0.368. The van der Waals surface area contributed by atoms with Gasteiger partial charge in [0.1, 0.15) is 0 Å². The molecule has 0 aliphatic heterocycles. The Balaban J connectivity index is 1.49. The van der Waals surface area contributed by atoms with Gasteiger partial charge >= 0.3 is 5.97 Å². The first kappa shape index (κ1) is 18.9. The summed E-state index contributed by atoms with van der Waals surface area (Å²) < 4.78 is 4.73. The zero-order valence-electron chi connectivity index (χ0n) is 15.2. The Morgan fingerprint density at radius 3 is 2.67 bits per heavy atom. The van der Waals surface area contributed by atoms with Gasteiger partial charge in [-0.1, -0.05) is 48.5 Å². The minimum Gasteiger partial charge on any atom is -0.465 e. The first-order valence-corrected chi connectivity index (χ1v) is 9.28. The number of anilines is 1. The smallest absolute Gasteiger partial charge is 0.337 e. The Labute approximate surface area is 164 Å². The topological polar surface area (TPSA) is 50.4 Å². The van der Waals surface area contributed by atoms with Gasteiger partial charge in [0.05, 0.1) is 12.7 Å². The number of esters is 1. The molecule has 0 saturated carbocycles. The lowest BCUT2D eigenvalue weighted by Gasteiger charge is -2.12. The van der Waals surface area contributed by atoms with Crippen LogP contribution in [0, 0.1) is 0 Å². The van der Waals surface area contributed by atoms with Crippen LogP contribution < -0.4 is 10.6 Å². The highest BCUT2D eigenvalue weighted by Crippen LogP contribution is 2.19. The van der Waals surface area contributed by atoms with E-state index in [1.165, 1.54) is 23.4 Å². The monoisotopic (exact) mass is 378 g/mol. The number of ether oxygens (including phenoxy) is 1. The zero-order valence-corrected chi connectivity index (χ0v) is 16.0. The average Bonchev–Trinajstić information content (AvgIpc) is 2.71. The second-order valence-electron chi connectivity index (χ2n) is 6.20. The molecule has 0 heterocycles. The van der Waals surface area contributed by atoms with Gasteiger partial charge in [0.25, 0.3) is 0 Å². The lowest BCUT2D eigenvalue weighted by molar-refractivity contribution is 0.0601. The van der Waals surface area contributed by atoms with Crippen LogP contribution in [0.5, 0.6) is 0 Å². The quantitative estimate of drug-likeness (QED) is 0.374. The van der Waals surface area contributed by atoms with Crippen molar-refractivity contribution < 1.29 is 9.53 Å². The molecule has 5 heteroatoms. The molecule has 2 N–H and O–H groups in total. The van der Waals surface area contributed by atoms with Crippen molar-refractivity contribution in [3.8, 4) is 0 Å². The predicted molar refractivity (Wildman–Crippen MR) is 114 cm³/mol. The van der Waals surface area contributed by atoms with E-state index in [9.17, 15) is 4.79 Å². The van der Waals surface area contributed by atoms with Crippen LogP contribution in [-0.4, -0.2) is 24.7 Å². The normalized spacial score (nSPS) is 10.4. The number of hydrogen-bond donors (Lipinski definition) is 2. The van der Waals surface area contributed by atoms with Crippen LogP contribution in [0.2, 0.25) is 0 Å². The van der Waals surface area contributed by atoms with Crippen LogP contribution in [0.25, 0.3) is 10.8 Å². The summed E-state index contributed by atoms with van der Waals surface area (Å²) >= 11 is 5.34. The molecule has 3 rings (SSSR count). The van der Waals surface area contributed by atoms with Crippen molar-refractivity contribution in [2.24, 2.45) is 0 Å². The molecule has 0 unspecified atom stereocenters. The highest BCUT2D eigenvalue weighted by Gasteiger charge is 2.06. The van der Waals surface area contributed by atoms with Gasteiger partial charge in [-0.25, -0.2) is 4.79 Å². The fourth-order valence-electron chi connectivity index (χ4n) is 3.01. The number of nitrogens with one attached hydrogen (secondary N) is 2. The second-order valence-corrected chi connectivity index (χ2v) is 6.60. The van der Waals surface area contributed by atoms with Crippen molar-refractivity contribution in [2.75, 3.05) is 19.0 Å². The number of thiocarbonyl (C=S) groups is 1. The lowest BCUT2D eigenvalue weighted by atomic mass is 10.0. The van der Waals surface area contributed by atoms with Gasteiger partial charge in [-0.3, -0.25) is 0 Å². The molecule has 0 aromatic heterocycles. The van der Waals surface area contributed by atoms with Gasteiger partial charge in [0.2, 0.25) is 0 Å². The van der Waals surface area contributed by atoms with E-state index in [-0.39, 0.29) is 5.97 Å². The number of aryl methyl sites for hydroxylation is 1. The van der Waals surface area contributed by atoms with Crippen molar-refractivity contribution in [1.82, 2.24) is 5.32 Å². The van der Waals surface area contributed by atoms with E-state index in [4.69, 9.17) is 17.0 Å². The molecule has 3 aromatic rings. The minimum absolute atomic E-state index is 0.368. The summed E-state index contributed by atoms with van der Waals surface area (Å²) in [5.74, 6) is -0.368. The second kappa shape index (κ2) is 9.14. The third-order valence-corrected chi connectivity index (χ3v) is 4.58. The summed E-state index contributed by atoms with van der Waals surface area (Å²) in [6.45, 7) is 0.770.